The third-order valence-corrected chi connectivity index (χ3v) is 7.94. The number of halogens is 2. The molecule has 38 heavy (non-hydrogen) atoms. The fourth-order valence-corrected chi connectivity index (χ4v) is 5.78. The number of Topliss-reactive ketones (excluding diaryl/α,β-unsaturated/α-hetero) is 1. The Bertz CT molecular complexity index is 1270. The van der Waals surface area contributed by atoms with E-state index in [0.717, 1.165) is 38.8 Å². The lowest BCUT2D eigenvalue weighted by Crippen LogP contribution is -2.44. The summed E-state index contributed by atoms with van der Waals surface area (Å²) in [7, 11) is 0. The average molecular weight is 535 g/mol. The minimum atomic E-state index is -0.586. The highest BCUT2D eigenvalue weighted by Crippen LogP contribution is 2.33. The van der Waals surface area contributed by atoms with Gasteiger partial charge in [-0.15, -0.1) is 0 Å². The monoisotopic (exact) mass is 534 g/mol. The topological polar surface area (TPSA) is 74.3 Å². The predicted octanol–water partition coefficient (Wildman–Crippen LogP) is 5.17. The van der Waals surface area contributed by atoms with Crippen molar-refractivity contribution in [2.75, 3.05) is 31.1 Å². The lowest BCUT2D eigenvalue weighted by atomic mass is 9.98. The highest BCUT2D eigenvalue weighted by atomic mass is 35.5. The quantitative estimate of drug-likeness (QED) is 0.293. The van der Waals surface area contributed by atoms with Gasteiger partial charge in [-0.3, -0.25) is 14.6 Å². The number of benzene rings is 2. The summed E-state index contributed by atoms with van der Waals surface area (Å²) in [5, 5.41) is 6.72. The van der Waals surface area contributed by atoms with E-state index in [9.17, 15) is 14.0 Å². The van der Waals surface area contributed by atoms with Gasteiger partial charge in [0, 0.05) is 62.3 Å². The Morgan fingerprint density at radius 2 is 1.84 bits per heavy atom. The zero-order valence-corrected chi connectivity index (χ0v) is 22.0. The van der Waals surface area contributed by atoms with Crippen molar-refractivity contribution in [1.29, 1.82) is 0 Å². The zero-order valence-electron chi connectivity index (χ0n) is 21.3. The van der Waals surface area contributed by atoms with Gasteiger partial charge in [-0.25, -0.2) is 4.39 Å². The van der Waals surface area contributed by atoms with E-state index in [-0.39, 0.29) is 40.7 Å². The molecule has 1 aromatic heterocycles. The van der Waals surface area contributed by atoms with Crippen LogP contribution in [0.1, 0.15) is 63.4 Å². The second-order valence-corrected chi connectivity index (χ2v) is 10.5. The maximum absolute atomic E-state index is 14.0. The molecule has 5 rings (SSSR count). The van der Waals surface area contributed by atoms with Crippen LogP contribution in [0.5, 0.6) is 0 Å². The lowest BCUT2D eigenvalue weighted by Gasteiger charge is -2.33. The number of aryl methyl sites for hydroxylation is 1. The van der Waals surface area contributed by atoms with Crippen LogP contribution in [0.15, 0.2) is 60.9 Å². The minimum Gasteiger partial charge on any atom is -0.371 e. The van der Waals surface area contributed by atoms with Crippen LogP contribution >= 0.6 is 11.6 Å². The molecule has 1 aliphatic carbocycles. The summed E-state index contributed by atoms with van der Waals surface area (Å²) < 4.78 is 14.0. The normalized spacial score (nSPS) is 17.3. The Hall–Kier alpha value is -3.29. The van der Waals surface area contributed by atoms with Gasteiger partial charge in [0.25, 0.3) is 5.91 Å². The molecule has 2 heterocycles. The van der Waals surface area contributed by atoms with E-state index >= 15 is 0 Å². The van der Waals surface area contributed by atoms with E-state index in [0.29, 0.717) is 18.7 Å². The molecule has 0 radical (unpaired) electrons. The molecule has 0 spiro atoms. The summed E-state index contributed by atoms with van der Waals surface area (Å²) in [6.45, 7) is 2.94. The van der Waals surface area contributed by atoms with Gasteiger partial charge >= 0.3 is 0 Å². The number of anilines is 1. The maximum Gasteiger partial charge on any atom is 0.251 e. The number of aromatic nitrogens is 1. The number of amides is 1. The van der Waals surface area contributed by atoms with Crippen LogP contribution in [0.2, 0.25) is 5.02 Å². The first-order valence-corrected chi connectivity index (χ1v) is 13.6. The van der Waals surface area contributed by atoms with Crippen molar-refractivity contribution >= 4 is 29.0 Å². The molecule has 8 heteroatoms. The average Bonchev–Trinajstić information content (AvgIpc) is 3.34. The number of hydrogen-bond donors (Lipinski definition) is 2. The fraction of sp³-hybridized carbons (Fsp3) is 0.367. The van der Waals surface area contributed by atoms with Crippen molar-refractivity contribution in [2.45, 2.75) is 44.1 Å². The Morgan fingerprint density at radius 3 is 2.61 bits per heavy atom. The van der Waals surface area contributed by atoms with Gasteiger partial charge in [-0.1, -0.05) is 23.7 Å². The van der Waals surface area contributed by atoms with Gasteiger partial charge < -0.3 is 15.5 Å². The lowest BCUT2D eigenvalue weighted by molar-refractivity contribution is 0.0929. The number of pyridine rings is 1. The standard InChI is InChI=1S/C30H32ClFN4O2/c31-26-2-1-3-27(32)29(26)28(37)10-15-34-19-22-7-5-20-4-6-21(18-25(20)22)30(38)35-23-11-16-36(17-12-23)24-8-13-33-14-9-24/h1-4,6,8-9,13-14,18,22-23,34H,5,7,10-12,15-17,19H2,(H,35,38). The Kier molecular flexibility index (Phi) is 8.35. The number of carbonyl (C=O) groups is 2. The molecule has 1 fully saturated rings. The third-order valence-electron chi connectivity index (χ3n) is 7.63. The molecule has 1 aliphatic heterocycles. The number of hydrogen-bond acceptors (Lipinski definition) is 5. The van der Waals surface area contributed by atoms with Crippen LogP contribution in [-0.4, -0.2) is 48.9 Å². The molecule has 1 amide bonds. The van der Waals surface area contributed by atoms with E-state index in [1.165, 1.54) is 35.0 Å². The van der Waals surface area contributed by atoms with Crippen molar-refractivity contribution in [3.8, 4) is 0 Å². The molecule has 3 aromatic rings. The van der Waals surface area contributed by atoms with E-state index < -0.39 is 5.82 Å². The summed E-state index contributed by atoms with van der Waals surface area (Å²) in [5.74, 6) is -0.648. The fourth-order valence-electron chi connectivity index (χ4n) is 5.51. The second-order valence-electron chi connectivity index (χ2n) is 10.1. The zero-order chi connectivity index (χ0) is 26.5. The minimum absolute atomic E-state index is 0.0267. The highest BCUT2D eigenvalue weighted by molar-refractivity contribution is 6.34. The van der Waals surface area contributed by atoms with Crippen LogP contribution in [-0.2, 0) is 6.42 Å². The number of piperidine rings is 1. The summed E-state index contributed by atoms with van der Waals surface area (Å²) in [5.41, 5.74) is 4.29. The highest BCUT2D eigenvalue weighted by Gasteiger charge is 2.25. The van der Waals surface area contributed by atoms with Crippen LogP contribution in [0.3, 0.4) is 0 Å². The molecular weight excluding hydrogens is 503 g/mol. The SMILES string of the molecule is O=C(NC1CCN(c2ccncc2)CC1)c1ccc2c(c1)C(CNCCC(=O)c1c(F)cccc1Cl)CC2. The van der Waals surface area contributed by atoms with Crippen LogP contribution in [0.4, 0.5) is 10.1 Å². The molecule has 1 atom stereocenters. The predicted molar refractivity (Wildman–Crippen MR) is 148 cm³/mol. The van der Waals surface area contributed by atoms with E-state index in [1.54, 1.807) is 12.4 Å². The second kappa shape index (κ2) is 12.0. The van der Waals surface area contributed by atoms with Gasteiger partial charge in [0.2, 0.25) is 0 Å². The number of nitrogens with zero attached hydrogens (tertiary/aromatic N) is 2. The first-order valence-electron chi connectivity index (χ1n) is 13.3. The number of fused-ring (bicyclic) bond motifs is 1. The Morgan fingerprint density at radius 1 is 1.05 bits per heavy atom. The summed E-state index contributed by atoms with van der Waals surface area (Å²) in [4.78, 5) is 31.9. The van der Waals surface area contributed by atoms with Gasteiger partial charge in [-0.2, -0.15) is 0 Å². The molecule has 6 nitrogen and oxygen atoms in total. The molecule has 2 N–H and O–H groups in total. The van der Waals surface area contributed by atoms with Gasteiger partial charge in [-0.05, 0) is 79.1 Å². The van der Waals surface area contributed by atoms with E-state index in [2.05, 4.69) is 26.6 Å². The van der Waals surface area contributed by atoms with Crippen LogP contribution in [0.25, 0.3) is 0 Å². The molecule has 0 bridgehead atoms. The molecule has 1 unspecified atom stereocenters. The molecule has 0 saturated carbocycles. The van der Waals surface area contributed by atoms with E-state index in [4.69, 9.17) is 11.6 Å². The number of rotatable bonds is 9. The van der Waals surface area contributed by atoms with Crippen LogP contribution < -0.4 is 15.5 Å². The summed E-state index contributed by atoms with van der Waals surface area (Å²) in [6.07, 6.45) is 7.56. The number of nitrogens with one attached hydrogen (secondary N) is 2. The van der Waals surface area contributed by atoms with E-state index in [1.807, 2.05) is 24.3 Å². The van der Waals surface area contributed by atoms with Crippen molar-refractivity contribution < 1.29 is 14.0 Å². The summed E-state index contributed by atoms with van der Waals surface area (Å²) in [6, 6.07) is 14.5. The first-order chi connectivity index (χ1) is 18.5. The first kappa shape index (κ1) is 26.3. The number of ketones is 1. The third kappa shape index (κ3) is 6.05. The van der Waals surface area contributed by atoms with Crippen molar-refractivity contribution in [3.63, 3.8) is 0 Å². The Labute approximate surface area is 227 Å². The Balaban J connectivity index is 1.11. The molecule has 1 saturated heterocycles. The summed E-state index contributed by atoms with van der Waals surface area (Å²) >= 11 is 6.01. The molecule has 198 valence electrons. The van der Waals surface area contributed by atoms with Crippen molar-refractivity contribution in [1.82, 2.24) is 15.6 Å². The van der Waals surface area contributed by atoms with Gasteiger partial charge in [0.05, 0.1) is 10.6 Å². The van der Waals surface area contributed by atoms with Crippen molar-refractivity contribution in [2.24, 2.45) is 0 Å². The molecule has 2 aliphatic rings. The van der Waals surface area contributed by atoms with Gasteiger partial charge in [0.1, 0.15) is 5.82 Å². The smallest absolute Gasteiger partial charge is 0.251 e. The van der Waals surface area contributed by atoms with Gasteiger partial charge in [0.15, 0.2) is 5.78 Å². The van der Waals surface area contributed by atoms with Crippen LogP contribution in [0, 0.1) is 5.82 Å². The number of carbonyl (C=O) groups excluding carboxylic acids is 2. The maximum atomic E-state index is 14.0. The molecular formula is C30H32ClFN4O2. The van der Waals surface area contributed by atoms with Crippen molar-refractivity contribution in [3.05, 3.63) is 94.0 Å². The molecule has 2 aromatic carbocycles. The largest absolute Gasteiger partial charge is 0.371 e.